The number of hydrogen-bond acceptors (Lipinski definition) is 1. The van der Waals surface area contributed by atoms with E-state index in [4.69, 9.17) is 0 Å². The highest BCUT2D eigenvalue weighted by Gasteiger charge is 2.39. The molecule has 0 saturated heterocycles. The molecule has 0 aromatic carbocycles. The molecule has 1 nitrogen and oxygen atoms in total. The molecule has 2 rings (SSSR count). The lowest BCUT2D eigenvalue weighted by Gasteiger charge is -2.25. The van der Waals surface area contributed by atoms with Crippen LogP contribution in [0.5, 0.6) is 0 Å². The highest BCUT2D eigenvalue weighted by Crippen LogP contribution is 2.38. The summed E-state index contributed by atoms with van der Waals surface area (Å²) in [6, 6.07) is 0.498. The van der Waals surface area contributed by atoms with E-state index in [9.17, 15) is 8.78 Å². The largest absolute Gasteiger partial charge is 0.314 e. The van der Waals surface area contributed by atoms with Crippen molar-refractivity contribution in [1.82, 2.24) is 5.32 Å². The molecule has 0 amide bonds. The Balaban J connectivity index is 1.69. The van der Waals surface area contributed by atoms with Crippen LogP contribution >= 0.6 is 0 Å². The molecule has 1 unspecified atom stereocenters. The van der Waals surface area contributed by atoms with Crippen LogP contribution in [0.15, 0.2) is 0 Å². The van der Waals surface area contributed by atoms with E-state index < -0.39 is 5.92 Å². The standard InChI is InChI=1S/C15H27F2N/c1-12(14-6-4-2-3-5-7-14)18-11-13-8-9-15(16,17)10-13/h12-14,18H,2-11H2,1H3/t12-,13?/m0/s1. The maximum absolute atomic E-state index is 13.1. The van der Waals surface area contributed by atoms with Gasteiger partial charge in [-0.15, -0.1) is 0 Å². The minimum absolute atomic E-state index is 0.0944. The molecule has 2 saturated carbocycles. The third-order valence-corrected chi connectivity index (χ3v) is 4.84. The van der Waals surface area contributed by atoms with Crippen molar-refractivity contribution in [3.8, 4) is 0 Å². The van der Waals surface area contributed by atoms with E-state index in [1.54, 1.807) is 0 Å². The molecule has 0 radical (unpaired) electrons. The van der Waals surface area contributed by atoms with Crippen molar-refractivity contribution in [3.05, 3.63) is 0 Å². The Morgan fingerprint density at radius 1 is 1.11 bits per heavy atom. The summed E-state index contributed by atoms with van der Waals surface area (Å²) < 4.78 is 26.2. The second kappa shape index (κ2) is 6.31. The first-order valence-corrected chi connectivity index (χ1v) is 7.68. The molecule has 2 atom stereocenters. The van der Waals surface area contributed by atoms with E-state index in [-0.39, 0.29) is 18.8 Å². The summed E-state index contributed by atoms with van der Waals surface area (Å²) in [5.41, 5.74) is 0. The molecule has 3 heteroatoms. The molecule has 0 bridgehead atoms. The Hall–Kier alpha value is -0.180. The summed E-state index contributed by atoms with van der Waals surface area (Å²) >= 11 is 0. The molecule has 0 aromatic rings. The molecule has 0 aliphatic heterocycles. The highest BCUT2D eigenvalue weighted by atomic mass is 19.3. The van der Waals surface area contributed by atoms with Crippen LogP contribution in [0.2, 0.25) is 0 Å². The van der Waals surface area contributed by atoms with Crippen molar-refractivity contribution in [2.45, 2.75) is 76.7 Å². The average Bonchev–Trinajstić information content (AvgIpc) is 2.57. The van der Waals surface area contributed by atoms with Gasteiger partial charge in [0.05, 0.1) is 0 Å². The molecule has 2 aliphatic carbocycles. The Kier molecular flexibility index (Phi) is 4.99. The summed E-state index contributed by atoms with van der Waals surface area (Å²) in [5.74, 6) is -1.44. The lowest BCUT2D eigenvalue weighted by Crippen LogP contribution is -2.36. The molecule has 0 spiro atoms. The van der Waals surface area contributed by atoms with Crippen LogP contribution in [0, 0.1) is 11.8 Å². The predicted molar refractivity (Wildman–Crippen MR) is 70.9 cm³/mol. The van der Waals surface area contributed by atoms with Crippen molar-refractivity contribution in [3.63, 3.8) is 0 Å². The van der Waals surface area contributed by atoms with Gasteiger partial charge in [-0.05, 0) is 44.6 Å². The smallest absolute Gasteiger partial charge is 0.248 e. The molecule has 0 aromatic heterocycles. The molecular weight excluding hydrogens is 232 g/mol. The van der Waals surface area contributed by atoms with Crippen LogP contribution in [-0.2, 0) is 0 Å². The maximum atomic E-state index is 13.1. The molecule has 2 aliphatic rings. The van der Waals surface area contributed by atoms with Crippen molar-refractivity contribution < 1.29 is 8.78 Å². The molecule has 18 heavy (non-hydrogen) atoms. The van der Waals surface area contributed by atoms with Crippen LogP contribution in [0.25, 0.3) is 0 Å². The summed E-state index contributed by atoms with van der Waals surface area (Å²) in [6.07, 6.45) is 8.95. The maximum Gasteiger partial charge on any atom is 0.248 e. The predicted octanol–water partition coefficient (Wildman–Crippen LogP) is 4.37. The van der Waals surface area contributed by atoms with Crippen molar-refractivity contribution >= 4 is 0 Å². The second-order valence-corrected chi connectivity index (χ2v) is 6.41. The van der Waals surface area contributed by atoms with Gasteiger partial charge in [0, 0.05) is 18.9 Å². The van der Waals surface area contributed by atoms with E-state index in [2.05, 4.69) is 12.2 Å². The van der Waals surface area contributed by atoms with Gasteiger partial charge in [0.1, 0.15) is 0 Å². The van der Waals surface area contributed by atoms with Crippen LogP contribution in [0.1, 0.15) is 64.7 Å². The molecule has 0 heterocycles. The van der Waals surface area contributed by atoms with E-state index in [1.807, 2.05) is 0 Å². The lowest BCUT2D eigenvalue weighted by atomic mass is 9.92. The number of nitrogens with one attached hydrogen (secondary N) is 1. The van der Waals surface area contributed by atoms with E-state index in [0.717, 1.165) is 12.5 Å². The van der Waals surface area contributed by atoms with Gasteiger partial charge < -0.3 is 5.32 Å². The van der Waals surface area contributed by atoms with Crippen molar-refractivity contribution in [1.29, 1.82) is 0 Å². The van der Waals surface area contributed by atoms with Gasteiger partial charge in [0.2, 0.25) is 5.92 Å². The Labute approximate surface area is 110 Å². The first-order valence-electron chi connectivity index (χ1n) is 7.68. The number of rotatable bonds is 4. The van der Waals surface area contributed by atoms with Crippen molar-refractivity contribution in [2.24, 2.45) is 11.8 Å². The van der Waals surface area contributed by atoms with Crippen LogP contribution in [0.3, 0.4) is 0 Å². The Bertz CT molecular complexity index is 247. The van der Waals surface area contributed by atoms with Gasteiger partial charge in [0.15, 0.2) is 0 Å². The minimum Gasteiger partial charge on any atom is -0.314 e. The molecule has 2 fully saturated rings. The summed E-state index contributed by atoms with van der Waals surface area (Å²) in [5, 5.41) is 3.53. The van der Waals surface area contributed by atoms with Crippen molar-refractivity contribution in [2.75, 3.05) is 6.54 Å². The molecule has 106 valence electrons. The Morgan fingerprint density at radius 3 is 2.33 bits per heavy atom. The van der Waals surface area contributed by atoms with Crippen LogP contribution < -0.4 is 5.32 Å². The van der Waals surface area contributed by atoms with E-state index in [1.165, 1.54) is 38.5 Å². The van der Waals surface area contributed by atoms with Crippen LogP contribution in [0.4, 0.5) is 8.78 Å². The normalized spacial score (nSPS) is 31.2. The fourth-order valence-electron chi connectivity index (χ4n) is 3.55. The Morgan fingerprint density at radius 2 is 1.78 bits per heavy atom. The minimum atomic E-state index is -2.39. The zero-order valence-corrected chi connectivity index (χ0v) is 11.6. The highest BCUT2D eigenvalue weighted by molar-refractivity contribution is 4.84. The average molecular weight is 259 g/mol. The fraction of sp³-hybridized carbons (Fsp3) is 1.00. The SMILES string of the molecule is C[C@H](NCC1CCC(F)(F)C1)C1CCCCCC1. The number of halogens is 2. The third kappa shape index (κ3) is 4.18. The monoisotopic (exact) mass is 259 g/mol. The van der Waals surface area contributed by atoms with Gasteiger partial charge in [0.25, 0.3) is 0 Å². The quantitative estimate of drug-likeness (QED) is 0.739. The summed E-state index contributed by atoms with van der Waals surface area (Å²) in [6.45, 7) is 3.02. The lowest BCUT2D eigenvalue weighted by molar-refractivity contribution is 0.00492. The first-order chi connectivity index (χ1) is 8.57. The zero-order valence-electron chi connectivity index (χ0n) is 11.6. The first kappa shape index (κ1) is 14.2. The second-order valence-electron chi connectivity index (χ2n) is 6.41. The van der Waals surface area contributed by atoms with Gasteiger partial charge in [-0.2, -0.15) is 0 Å². The van der Waals surface area contributed by atoms with Gasteiger partial charge in [-0.25, -0.2) is 8.78 Å². The molecule has 1 N–H and O–H groups in total. The van der Waals surface area contributed by atoms with E-state index in [0.29, 0.717) is 12.5 Å². The topological polar surface area (TPSA) is 12.0 Å². The van der Waals surface area contributed by atoms with Gasteiger partial charge in [-0.3, -0.25) is 0 Å². The molecular formula is C15H27F2N. The van der Waals surface area contributed by atoms with Gasteiger partial charge >= 0.3 is 0 Å². The zero-order chi connectivity index (χ0) is 13.0. The van der Waals surface area contributed by atoms with Crippen LogP contribution in [-0.4, -0.2) is 18.5 Å². The summed E-state index contributed by atoms with van der Waals surface area (Å²) in [4.78, 5) is 0. The third-order valence-electron chi connectivity index (χ3n) is 4.84. The van der Waals surface area contributed by atoms with Gasteiger partial charge in [-0.1, -0.05) is 25.7 Å². The fourth-order valence-corrected chi connectivity index (χ4v) is 3.55. The van der Waals surface area contributed by atoms with E-state index >= 15 is 0 Å². The number of alkyl halides is 2. The summed E-state index contributed by atoms with van der Waals surface area (Å²) in [7, 11) is 0. The number of hydrogen-bond donors (Lipinski definition) is 1.